The van der Waals surface area contributed by atoms with Crippen LogP contribution in [0.15, 0.2) is 18.0 Å². The summed E-state index contributed by atoms with van der Waals surface area (Å²) in [6, 6.07) is 0. The van der Waals surface area contributed by atoms with E-state index in [1.807, 2.05) is 39.0 Å². The molecular formula is C33H32MgN4O4-2. The van der Waals surface area contributed by atoms with Crippen LogP contribution < -0.4 is 25.7 Å². The van der Waals surface area contributed by atoms with Crippen molar-refractivity contribution < 1.29 is 19.4 Å². The number of rotatable bonds is 4. The van der Waals surface area contributed by atoms with Crippen LogP contribution in [0, 0.1) is 38.5 Å². The molecule has 2 aliphatic heterocycles. The van der Waals surface area contributed by atoms with Crippen molar-refractivity contribution in [2.24, 2.45) is 17.8 Å². The third kappa shape index (κ3) is 4.20. The smallest absolute Gasteiger partial charge is 0.664 e. The molecule has 0 radical (unpaired) electrons. The monoisotopic (exact) mass is 572 g/mol. The molecule has 1 aliphatic carbocycles. The van der Waals surface area contributed by atoms with Gasteiger partial charge in [-0.3, -0.25) is 9.59 Å². The van der Waals surface area contributed by atoms with Gasteiger partial charge in [0.2, 0.25) is 0 Å². The summed E-state index contributed by atoms with van der Waals surface area (Å²) in [7, 11) is 1.27. The van der Waals surface area contributed by atoms with Gasteiger partial charge in [-0.05, 0) is 44.6 Å². The Morgan fingerprint density at radius 1 is 1.02 bits per heavy atom. The molecule has 9 heteroatoms. The van der Waals surface area contributed by atoms with Crippen molar-refractivity contribution in [2.75, 3.05) is 13.7 Å². The van der Waals surface area contributed by atoms with Gasteiger partial charge in [0, 0.05) is 12.2 Å². The summed E-state index contributed by atoms with van der Waals surface area (Å²) in [4.78, 5) is 41.7. The molecule has 6 rings (SSSR count). The number of carbonyl (C=O) groups is 2. The number of nitrogens with zero attached hydrogens (tertiary/aromatic N) is 4. The van der Waals surface area contributed by atoms with Gasteiger partial charge >= 0.3 is 29.0 Å². The molecule has 3 aliphatic rings. The van der Waals surface area contributed by atoms with Crippen LogP contribution in [0.25, 0.3) is 35.2 Å². The Morgan fingerprint density at radius 3 is 2.36 bits per heavy atom. The SMILES string of the molecule is C=Cc1c2[n-]c(c1C)/C=C1\[N-]/C(=C3\c4[n-]c(c(C)c4C(=O)[C@@H]3C(=O)OC)/C=c3\[n-]/c(c(C)c3CC)=C\2)[C@@H](CO)[C@@H]1C.[Mg+2]. The summed E-state index contributed by atoms with van der Waals surface area (Å²) in [5.41, 5.74) is 9.30. The molecule has 1 fully saturated rings. The third-order valence-electron chi connectivity index (χ3n) is 8.94. The van der Waals surface area contributed by atoms with Crippen LogP contribution in [0.2, 0.25) is 0 Å². The summed E-state index contributed by atoms with van der Waals surface area (Å²) in [6.07, 6.45) is 8.41. The number of hydrogen-bond acceptors (Lipinski definition) is 4. The Labute approximate surface area is 260 Å². The number of hydrogen-bond donors (Lipinski definition) is 1. The van der Waals surface area contributed by atoms with Crippen LogP contribution in [-0.4, -0.2) is 53.6 Å². The van der Waals surface area contributed by atoms with Gasteiger partial charge in [0.1, 0.15) is 5.92 Å². The van der Waals surface area contributed by atoms with Gasteiger partial charge in [0.15, 0.2) is 5.78 Å². The van der Waals surface area contributed by atoms with Crippen molar-refractivity contribution >= 4 is 64.7 Å². The minimum Gasteiger partial charge on any atom is -0.664 e. The predicted octanol–water partition coefficient (Wildman–Crippen LogP) is 2.65. The molecule has 3 aromatic heterocycles. The second-order valence-electron chi connectivity index (χ2n) is 11.0. The van der Waals surface area contributed by atoms with Gasteiger partial charge in [-0.2, -0.15) is 11.4 Å². The van der Waals surface area contributed by atoms with Crippen molar-refractivity contribution in [1.29, 1.82) is 0 Å². The fraction of sp³-hybridized carbons (Fsp3) is 0.333. The van der Waals surface area contributed by atoms with Gasteiger partial charge < -0.3 is 30.1 Å². The van der Waals surface area contributed by atoms with Crippen LogP contribution in [0.5, 0.6) is 0 Å². The topological polar surface area (TPSA) is 120 Å². The molecule has 0 aromatic carbocycles. The molecule has 212 valence electrons. The fourth-order valence-electron chi connectivity index (χ4n) is 6.51. The van der Waals surface area contributed by atoms with Crippen LogP contribution in [0.1, 0.15) is 74.8 Å². The van der Waals surface area contributed by atoms with E-state index in [9.17, 15) is 14.7 Å². The van der Waals surface area contributed by atoms with Crippen molar-refractivity contribution in [1.82, 2.24) is 15.0 Å². The van der Waals surface area contributed by atoms with E-state index in [4.69, 9.17) is 25.0 Å². The van der Waals surface area contributed by atoms with Gasteiger partial charge in [0.05, 0.1) is 7.11 Å². The van der Waals surface area contributed by atoms with Gasteiger partial charge in [0.25, 0.3) is 0 Å². The van der Waals surface area contributed by atoms with E-state index in [2.05, 4.69) is 20.4 Å². The molecule has 5 heterocycles. The zero-order valence-electron chi connectivity index (χ0n) is 24.8. The Balaban J connectivity index is 0.00000353. The van der Waals surface area contributed by atoms with E-state index in [-0.39, 0.29) is 41.4 Å². The summed E-state index contributed by atoms with van der Waals surface area (Å²) >= 11 is 0. The zero-order valence-corrected chi connectivity index (χ0v) is 26.2. The Hall–Kier alpha value is -3.53. The van der Waals surface area contributed by atoms with Crippen molar-refractivity contribution in [2.45, 2.75) is 41.0 Å². The van der Waals surface area contributed by atoms with Gasteiger partial charge in [-0.25, -0.2) is 0 Å². The number of carbonyl (C=O) groups excluding carboxylic acids is 2. The standard InChI is InChI=1S/C33H33N4O4.Mg/c1-8-18-14(3)21-10-23-16(5)20(13-38)30(36-23)28-29(33(40)41-7)32(39)27-17(6)24(37-31(27)28)12-26-19(9-2)15(4)22(35-26)11-25(18)34-21;/h8,10-12,16,20,29,38H,1,9,13H2,2-7H3,(H-,36,37,39);/q-3;+2/p-1/b22-11-,23-10-,26-12-;/t16-,20-,29+;/m0./s1. The molecule has 8 bridgehead atoms. The normalized spacial score (nSPS) is 25.0. The van der Waals surface area contributed by atoms with E-state index in [0.29, 0.717) is 39.5 Å². The Kier molecular flexibility index (Phi) is 7.80. The maximum atomic E-state index is 13.8. The second kappa shape index (κ2) is 10.9. The second-order valence-corrected chi connectivity index (χ2v) is 11.0. The number of ether oxygens (including phenoxy) is 1. The number of ketones is 1. The number of esters is 1. The molecule has 0 unspecified atom stereocenters. The number of aliphatic hydroxyl groups is 1. The number of allylic oxidation sites excluding steroid dienone is 1. The summed E-state index contributed by atoms with van der Waals surface area (Å²) in [6.45, 7) is 13.8. The fourth-order valence-corrected chi connectivity index (χ4v) is 6.51. The molecule has 3 atom stereocenters. The molecule has 3 aromatic rings. The van der Waals surface area contributed by atoms with Crippen LogP contribution in [0.4, 0.5) is 0 Å². The number of fused-ring (bicyclic) bond motifs is 7. The van der Waals surface area contributed by atoms with Crippen molar-refractivity contribution in [3.63, 3.8) is 0 Å². The maximum Gasteiger partial charge on any atom is 2.00 e. The molecule has 0 amide bonds. The van der Waals surface area contributed by atoms with Crippen molar-refractivity contribution in [3.05, 3.63) is 90.1 Å². The van der Waals surface area contributed by atoms with Crippen LogP contribution in [-0.2, 0) is 16.0 Å². The van der Waals surface area contributed by atoms with E-state index in [0.717, 1.165) is 50.8 Å². The maximum absolute atomic E-state index is 13.8. The zero-order chi connectivity index (χ0) is 29.3. The first-order chi connectivity index (χ1) is 19.6. The van der Waals surface area contributed by atoms with E-state index >= 15 is 0 Å². The number of methoxy groups -OCH3 is 1. The van der Waals surface area contributed by atoms with E-state index in [1.54, 1.807) is 6.08 Å². The Morgan fingerprint density at radius 2 is 1.71 bits per heavy atom. The summed E-state index contributed by atoms with van der Waals surface area (Å²) in [5, 5.41) is 17.1. The first-order valence-electron chi connectivity index (χ1n) is 13.9. The van der Waals surface area contributed by atoms with Crippen LogP contribution >= 0.6 is 0 Å². The quantitative estimate of drug-likeness (QED) is 0.290. The first-order valence-corrected chi connectivity index (χ1v) is 13.9. The van der Waals surface area contributed by atoms with Gasteiger partial charge in [-0.15, -0.1) is 33.5 Å². The van der Waals surface area contributed by atoms with E-state index < -0.39 is 17.8 Å². The number of aliphatic hydroxyl groups excluding tert-OH is 1. The molecule has 1 N–H and O–H groups in total. The third-order valence-corrected chi connectivity index (χ3v) is 8.94. The summed E-state index contributed by atoms with van der Waals surface area (Å²) < 4.78 is 5.08. The molecule has 0 saturated carbocycles. The molecule has 0 spiro atoms. The first kappa shape index (κ1) is 29.9. The molecule has 42 heavy (non-hydrogen) atoms. The average Bonchev–Trinajstić information content (AvgIpc) is 3.69. The predicted molar refractivity (Wildman–Crippen MR) is 163 cm³/mol. The Bertz CT molecular complexity index is 1850. The number of Topliss-reactive ketones (excluding diaryl/α,β-unsaturated/α-hetero) is 1. The largest absolute Gasteiger partial charge is 2.00 e. The summed E-state index contributed by atoms with van der Waals surface area (Å²) in [5.74, 6) is -2.84. The van der Waals surface area contributed by atoms with Crippen molar-refractivity contribution in [3.8, 4) is 0 Å². The molecular weight excluding hydrogens is 541 g/mol. The minimum atomic E-state index is -1.19. The molecule has 1 saturated heterocycles. The van der Waals surface area contributed by atoms with E-state index in [1.165, 1.54) is 7.11 Å². The minimum absolute atomic E-state index is 0. The number of aromatic nitrogens is 3. The van der Waals surface area contributed by atoms with Gasteiger partial charge in [-0.1, -0.05) is 72.6 Å². The van der Waals surface area contributed by atoms with Crippen LogP contribution in [0.3, 0.4) is 0 Å². The molecule has 8 nitrogen and oxygen atoms in total. The average molecular weight is 573 g/mol.